The Bertz CT molecular complexity index is 959. The smallest absolute Gasteiger partial charge is 0.197 e. The number of hydrogen-bond donors (Lipinski definition) is 2. The molecule has 0 radical (unpaired) electrons. The summed E-state index contributed by atoms with van der Waals surface area (Å²) < 4.78 is 10.5. The topological polar surface area (TPSA) is 109 Å². The number of hydrogen-bond acceptors (Lipinski definition) is 7. The van der Waals surface area contributed by atoms with Crippen LogP contribution in [0.15, 0.2) is 50.8 Å². The Morgan fingerprint density at radius 1 is 1.13 bits per heavy atom. The molecule has 23 heavy (non-hydrogen) atoms. The van der Waals surface area contributed by atoms with Crippen molar-refractivity contribution in [2.75, 3.05) is 7.11 Å². The van der Waals surface area contributed by atoms with E-state index in [-0.39, 0.29) is 33.9 Å². The lowest BCUT2D eigenvalue weighted by atomic mass is 10.1. The first kappa shape index (κ1) is 14.6. The van der Waals surface area contributed by atoms with E-state index in [0.29, 0.717) is 5.56 Å². The van der Waals surface area contributed by atoms with Crippen molar-refractivity contribution in [3.63, 3.8) is 0 Å². The van der Waals surface area contributed by atoms with E-state index in [1.54, 1.807) is 12.1 Å². The van der Waals surface area contributed by atoms with E-state index in [2.05, 4.69) is 5.18 Å². The van der Waals surface area contributed by atoms with Gasteiger partial charge in [-0.15, -0.1) is 4.91 Å². The van der Waals surface area contributed by atoms with Gasteiger partial charge in [0.05, 0.1) is 7.11 Å². The highest BCUT2D eigenvalue weighted by Gasteiger charge is 2.19. The summed E-state index contributed by atoms with van der Waals surface area (Å²) in [7, 11) is 1.25. The van der Waals surface area contributed by atoms with Crippen molar-refractivity contribution in [2.24, 2.45) is 5.18 Å². The van der Waals surface area contributed by atoms with Crippen molar-refractivity contribution in [1.29, 1.82) is 0 Å². The molecular weight excluding hydrogens is 302 g/mol. The molecule has 3 rings (SSSR count). The highest BCUT2D eigenvalue weighted by molar-refractivity contribution is 5.91. The van der Waals surface area contributed by atoms with Crippen molar-refractivity contribution in [2.45, 2.75) is 0 Å². The molecule has 0 aliphatic heterocycles. The summed E-state index contributed by atoms with van der Waals surface area (Å²) in [6.07, 6.45) is 0. The van der Waals surface area contributed by atoms with Crippen LogP contribution in [0.1, 0.15) is 0 Å². The molecule has 2 N–H and O–H groups in total. The number of methoxy groups -OCH3 is 1. The second-order valence-electron chi connectivity index (χ2n) is 4.76. The highest BCUT2D eigenvalue weighted by atomic mass is 16.5. The molecule has 0 saturated carbocycles. The third-order valence-corrected chi connectivity index (χ3v) is 3.38. The number of benzene rings is 2. The number of phenols is 2. The molecule has 0 amide bonds. The van der Waals surface area contributed by atoms with Crippen LogP contribution in [0, 0.1) is 4.91 Å². The molecule has 7 heteroatoms. The van der Waals surface area contributed by atoms with Gasteiger partial charge in [0.15, 0.2) is 22.6 Å². The second kappa shape index (κ2) is 5.45. The number of aromatic hydroxyl groups is 2. The Morgan fingerprint density at radius 2 is 1.83 bits per heavy atom. The number of nitroso groups, excluding NO2 is 1. The third kappa shape index (κ3) is 2.38. The van der Waals surface area contributed by atoms with Gasteiger partial charge in [0.1, 0.15) is 22.5 Å². The number of phenolic OH excluding ortho intramolecular Hbond substituents is 2. The van der Waals surface area contributed by atoms with Crippen LogP contribution in [0.25, 0.3) is 22.3 Å². The van der Waals surface area contributed by atoms with Crippen LogP contribution in [-0.2, 0) is 0 Å². The summed E-state index contributed by atoms with van der Waals surface area (Å²) in [5.41, 5.74) is -0.114. The van der Waals surface area contributed by atoms with Gasteiger partial charge in [0.25, 0.3) is 0 Å². The van der Waals surface area contributed by atoms with E-state index in [1.807, 2.05) is 0 Å². The van der Waals surface area contributed by atoms with Gasteiger partial charge in [-0.25, -0.2) is 0 Å². The van der Waals surface area contributed by atoms with E-state index in [9.17, 15) is 19.9 Å². The number of ether oxygens (including phenoxy) is 1. The summed E-state index contributed by atoms with van der Waals surface area (Å²) in [5, 5.41) is 22.1. The lowest BCUT2D eigenvalue weighted by Gasteiger charge is -2.09. The minimum Gasteiger partial charge on any atom is -0.508 e. The zero-order chi connectivity index (χ0) is 16.6. The molecule has 0 unspecified atom stereocenters. The van der Waals surface area contributed by atoms with Crippen molar-refractivity contribution in [1.82, 2.24) is 0 Å². The molecule has 0 fully saturated rings. The predicted octanol–water partition coefficient (Wildman–Crippen LogP) is 3.28. The van der Waals surface area contributed by atoms with Gasteiger partial charge in [0.2, 0.25) is 0 Å². The normalized spacial score (nSPS) is 10.7. The van der Waals surface area contributed by atoms with Crippen LogP contribution in [0.2, 0.25) is 0 Å². The molecule has 7 nitrogen and oxygen atoms in total. The highest BCUT2D eigenvalue weighted by Crippen LogP contribution is 2.42. The van der Waals surface area contributed by atoms with Crippen LogP contribution in [-0.4, -0.2) is 17.3 Å². The lowest BCUT2D eigenvalue weighted by molar-refractivity contribution is 0.377. The first-order chi connectivity index (χ1) is 11.0. The first-order valence-electron chi connectivity index (χ1n) is 6.55. The molecule has 0 aliphatic carbocycles. The second-order valence-corrected chi connectivity index (χ2v) is 4.76. The Balaban J connectivity index is 2.32. The van der Waals surface area contributed by atoms with Gasteiger partial charge in [-0.2, -0.15) is 0 Å². The fourth-order valence-corrected chi connectivity index (χ4v) is 2.31. The summed E-state index contributed by atoms with van der Waals surface area (Å²) in [5.74, 6) is -0.376. The van der Waals surface area contributed by atoms with Gasteiger partial charge < -0.3 is 19.4 Å². The minimum atomic E-state index is -0.498. The number of fused-ring (bicyclic) bond motifs is 1. The van der Waals surface area contributed by atoms with Gasteiger partial charge in [-0.1, -0.05) is 0 Å². The maximum absolute atomic E-state index is 12.3. The van der Waals surface area contributed by atoms with Crippen molar-refractivity contribution < 1.29 is 19.4 Å². The SMILES string of the molecule is COc1c(N=O)cc2oc(-c3ccc(O)cc3)cc(=O)c2c1O. The molecule has 1 heterocycles. The zero-order valence-electron chi connectivity index (χ0n) is 11.9. The van der Waals surface area contributed by atoms with Crippen molar-refractivity contribution >= 4 is 16.7 Å². The zero-order valence-corrected chi connectivity index (χ0v) is 11.9. The molecule has 2 aromatic carbocycles. The maximum atomic E-state index is 12.3. The summed E-state index contributed by atoms with van der Waals surface area (Å²) in [4.78, 5) is 23.2. The monoisotopic (exact) mass is 313 g/mol. The average Bonchev–Trinajstić information content (AvgIpc) is 2.54. The van der Waals surface area contributed by atoms with Crippen LogP contribution in [0.5, 0.6) is 17.2 Å². The molecule has 1 aromatic heterocycles. The number of nitrogens with zero attached hydrogens (tertiary/aromatic N) is 1. The fraction of sp³-hybridized carbons (Fsp3) is 0.0625. The molecule has 116 valence electrons. The van der Waals surface area contributed by atoms with Crippen LogP contribution in [0.3, 0.4) is 0 Å². The Morgan fingerprint density at radius 3 is 2.43 bits per heavy atom. The average molecular weight is 313 g/mol. The first-order valence-corrected chi connectivity index (χ1v) is 6.55. The van der Waals surface area contributed by atoms with Crippen LogP contribution >= 0.6 is 0 Å². The molecule has 0 spiro atoms. The van der Waals surface area contributed by atoms with Crippen molar-refractivity contribution in [3.8, 4) is 28.6 Å². The quantitative estimate of drug-likeness (QED) is 0.718. The van der Waals surface area contributed by atoms with E-state index in [4.69, 9.17) is 9.15 Å². The molecule has 0 atom stereocenters. The largest absolute Gasteiger partial charge is 0.508 e. The van der Waals surface area contributed by atoms with Gasteiger partial charge in [-0.05, 0) is 29.4 Å². The molecular formula is C16H11NO6. The molecule has 0 saturated heterocycles. The summed E-state index contributed by atoms with van der Waals surface area (Å²) in [6.45, 7) is 0. The van der Waals surface area contributed by atoms with Gasteiger partial charge >= 0.3 is 0 Å². The van der Waals surface area contributed by atoms with E-state index in [1.165, 1.54) is 31.4 Å². The van der Waals surface area contributed by atoms with E-state index in [0.717, 1.165) is 0 Å². The van der Waals surface area contributed by atoms with Crippen molar-refractivity contribution in [3.05, 3.63) is 51.5 Å². The molecule has 0 bridgehead atoms. The Hall–Kier alpha value is -3.35. The van der Waals surface area contributed by atoms with Crippen LogP contribution in [0.4, 0.5) is 5.69 Å². The summed E-state index contributed by atoms with van der Waals surface area (Å²) >= 11 is 0. The molecule has 0 aliphatic rings. The van der Waals surface area contributed by atoms with E-state index >= 15 is 0 Å². The minimum absolute atomic E-state index is 0.00785. The van der Waals surface area contributed by atoms with Gasteiger partial charge in [0, 0.05) is 17.7 Å². The third-order valence-electron chi connectivity index (χ3n) is 3.38. The van der Waals surface area contributed by atoms with Gasteiger partial charge in [-0.3, -0.25) is 4.79 Å². The summed E-state index contributed by atoms with van der Waals surface area (Å²) in [6, 6.07) is 8.48. The fourth-order valence-electron chi connectivity index (χ4n) is 2.31. The number of rotatable bonds is 3. The Labute approximate surface area is 129 Å². The Kier molecular flexibility index (Phi) is 3.46. The molecule has 3 aromatic rings. The lowest BCUT2D eigenvalue weighted by Crippen LogP contribution is -2.01. The van der Waals surface area contributed by atoms with Crippen LogP contribution < -0.4 is 10.2 Å². The maximum Gasteiger partial charge on any atom is 0.197 e. The predicted molar refractivity (Wildman–Crippen MR) is 83.3 cm³/mol. The van der Waals surface area contributed by atoms with E-state index < -0.39 is 11.2 Å². The standard InChI is InChI=1S/C16H11NO6/c1-22-16-10(17-21)6-13-14(15(16)20)11(19)7-12(23-13)8-2-4-9(18)5-3-8/h2-7,18,20H,1H3.